The molecule has 5 nitrogen and oxygen atoms in total. The Morgan fingerprint density at radius 1 is 1.33 bits per heavy atom. The predicted octanol–water partition coefficient (Wildman–Crippen LogP) is 2.02. The zero-order valence-electron chi connectivity index (χ0n) is 10.7. The number of aryl methyl sites for hydroxylation is 1. The van der Waals surface area contributed by atoms with Crippen LogP contribution in [-0.2, 0) is 13.6 Å². The van der Waals surface area contributed by atoms with E-state index in [-0.39, 0.29) is 0 Å². The second kappa shape index (κ2) is 4.84. The monoisotopic (exact) mass is 245 g/mol. The Morgan fingerprint density at radius 3 is 2.89 bits per heavy atom. The molecule has 1 N–H and O–H groups in total. The molecule has 1 saturated carbocycles. The molecule has 2 aromatic heterocycles. The second-order valence-corrected chi connectivity index (χ2v) is 4.95. The van der Waals surface area contributed by atoms with Crippen LogP contribution in [0.4, 0.5) is 5.95 Å². The number of imidazole rings is 1. The maximum Gasteiger partial charge on any atom is 0.203 e. The molecule has 3 rings (SSSR count). The zero-order valence-corrected chi connectivity index (χ0v) is 10.7. The first-order chi connectivity index (χ1) is 8.83. The van der Waals surface area contributed by atoms with Crippen LogP contribution in [0.15, 0.2) is 24.7 Å². The first kappa shape index (κ1) is 11.3. The average molecular weight is 245 g/mol. The third kappa shape index (κ3) is 2.25. The van der Waals surface area contributed by atoms with Gasteiger partial charge in [-0.1, -0.05) is 12.8 Å². The molecule has 2 aromatic rings. The zero-order chi connectivity index (χ0) is 12.4. The quantitative estimate of drug-likeness (QED) is 0.896. The van der Waals surface area contributed by atoms with Crippen molar-refractivity contribution in [1.29, 1.82) is 0 Å². The lowest BCUT2D eigenvalue weighted by molar-refractivity contribution is 0.659. The molecule has 2 heterocycles. The Kier molecular flexibility index (Phi) is 3.04. The molecule has 0 aromatic carbocycles. The third-order valence-electron chi connectivity index (χ3n) is 3.66. The van der Waals surface area contributed by atoms with Gasteiger partial charge in [0.25, 0.3) is 0 Å². The molecule has 0 amide bonds. The van der Waals surface area contributed by atoms with Gasteiger partial charge in [0, 0.05) is 31.7 Å². The van der Waals surface area contributed by atoms with Gasteiger partial charge in [-0.3, -0.25) is 4.68 Å². The third-order valence-corrected chi connectivity index (χ3v) is 3.66. The minimum atomic E-state index is 0.595. The van der Waals surface area contributed by atoms with Gasteiger partial charge in [0.05, 0.1) is 12.2 Å². The van der Waals surface area contributed by atoms with Crippen molar-refractivity contribution >= 4 is 5.95 Å². The smallest absolute Gasteiger partial charge is 0.203 e. The largest absolute Gasteiger partial charge is 0.353 e. The van der Waals surface area contributed by atoms with Gasteiger partial charge in [-0.15, -0.1) is 0 Å². The van der Waals surface area contributed by atoms with Gasteiger partial charge < -0.3 is 9.88 Å². The molecule has 1 aliphatic rings. The number of hydrogen-bond acceptors (Lipinski definition) is 3. The van der Waals surface area contributed by atoms with E-state index in [4.69, 9.17) is 0 Å². The van der Waals surface area contributed by atoms with Crippen molar-refractivity contribution < 1.29 is 0 Å². The summed E-state index contributed by atoms with van der Waals surface area (Å²) < 4.78 is 4.05. The standard InChI is InChI=1S/C13H19N5/c1-17-12(6-7-15-17)10-18-9-8-14-13(18)16-11-4-2-3-5-11/h6-9,11H,2-5,10H2,1H3,(H,14,16). The van der Waals surface area contributed by atoms with Gasteiger partial charge in [-0.05, 0) is 18.9 Å². The molecule has 0 aliphatic heterocycles. The molecule has 1 fully saturated rings. The first-order valence-electron chi connectivity index (χ1n) is 6.57. The van der Waals surface area contributed by atoms with E-state index in [1.165, 1.54) is 31.4 Å². The van der Waals surface area contributed by atoms with E-state index in [0.29, 0.717) is 6.04 Å². The van der Waals surface area contributed by atoms with Gasteiger partial charge in [0.2, 0.25) is 5.95 Å². The number of aromatic nitrogens is 4. The van der Waals surface area contributed by atoms with Gasteiger partial charge in [-0.2, -0.15) is 5.10 Å². The van der Waals surface area contributed by atoms with Crippen LogP contribution in [0.5, 0.6) is 0 Å². The molecule has 96 valence electrons. The highest BCUT2D eigenvalue weighted by Crippen LogP contribution is 2.21. The van der Waals surface area contributed by atoms with Crippen molar-refractivity contribution in [1.82, 2.24) is 19.3 Å². The van der Waals surface area contributed by atoms with Crippen LogP contribution >= 0.6 is 0 Å². The Balaban J connectivity index is 1.72. The van der Waals surface area contributed by atoms with Crippen LogP contribution in [0.3, 0.4) is 0 Å². The highest BCUT2D eigenvalue weighted by atomic mass is 15.3. The van der Waals surface area contributed by atoms with Gasteiger partial charge in [0.15, 0.2) is 0 Å². The maximum atomic E-state index is 4.41. The van der Waals surface area contributed by atoms with Gasteiger partial charge >= 0.3 is 0 Å². The molecule has 0 spiro atoms. The topological polar surface area (TPSA) is 47.7 Å². The number of nitrogens with zero attached hydrogens (tertiary/aromatic N) is 4. The maximum absolute atomic E-state index is 4.41. The normalized spacial score (nSPS) is 16.3. The SMILES string of the molecule is Cn1nccc1Cn1ccnc1NC1CCCC1. The lowest BCUT2D eigenvalue weighted by atomic mass is 10.2. The van der Waals surface area contributed by atoms with E-state index in [1.54, 1.807) is 0 Å². The minimum Gasteiger partial charge on any atom is -0.353 e. The summed E-state index contributed by atoms with van der Waals surface area (Å²) in [7, 11) is 1.97. The summed E-state index contributed by atoms with van der Waals surface area (Å²) in [6, 6.07) is 2.64. The average Bonchev–Trinajstić information content (AvgIpc) is 3.06. The second-order valence-electron chi connectivity index (χ2n) is 4.95. The number of hydrogen-bond donors (Lipinski definition) is 1. The number of nitrogens with one attached hydrogen (secondary N) is 1. The molecule has 0 saturated heterocycles. The molecule has 0 unspecified atom stereocenters. The van der Waals surface area contributed by atoms with Crippen LogP contribution in [0.2, 0.25) is 0 Å². The molecular formula is C13H19N5. The summed E-state index contributed by atoms with van der Waals surface area (Å²) in [5, 5.41) is 7.74. The van der Waals surface area contributed by atoms with Crippen molar-refractivity contribution in [2.45, 2.75) is 38.3 Å². The van der Waals surface area contributed by atoms with Crippen molar-refractivity contribution in [2.24, 2.45) is 7.05 Å². The van der Waals surface area contributed by atoms with Gasteiger partial charge in [0.1, 0.15) is 0 Å². The molecular weight excluding hydrogens is 226 g/mol. The Hall–Kier alpha value is -1.78. The van der Waals surface area contributed by atoms with Crippen molar-refractivity contribution in [3.63, 3.8) is 0 Å². The van der Waals surface area contributed by atoms with Crippen LogP contribution in [0.25, 0.3) is 0 Å². The highest BCUT2D eigenvalue weighted by Gasteiger charge is 2.16. The molecule has 1 aliphatic carbocycles. The molecule has 0 atom stereocenters. The highest BCUT2D eigenvalue weighted by molar-refractivity contribution is 5.29. The van der Waals surface area contributed by atoms with Crippen LogP contribution in [0, 0.1) is 0 Å². The Morgan fingerprint density at radius 2 is 2.17 bits per heavy atom. The lowest BCUT2D eigenvalue weighted by Gasteiger charge is -2.14. The number of anilines is 1. The van der Waals surface area contributed by atoms with Gasteiger partial charge in [-0.25, -0.2) is 4.98 Å². The summed E-state index contributed by atoms with van der Waals surface area (Å²) in [5.74, 6) is 0.975. The van der Waals surface area contributed by atoms with Crippen LogP contribution < -0.4 is 5.32 Å². The molecule has 18 heavy (non-hydrogen) atoms. The first-order valence-corrected chi connectivity index (χ1v) is 6.57. The van der Waals surface area contributed by atoms with E-state index >= 15 is 0 Å². The fraction of sp³-hybridized carbons (Fsp3) is 0.538. The number of rotatable bonds is 4. The van der Waals surface area contributed by atoms with Crippen molar-refractivity contribution in [3.05, 3.63) is 30.4 Å². The van der Waals surface area contributed by atoms with Crippen molar-refractivity contribution in [2.75, 3.05) is 5.32 Å². The fourth-order valence-corrected chi connectivity index (χ4v) is 2.56. The summed E-state index contributed by atoms with van der Waals surface area (Å²) in [6.45, 7) is 0.811. The summed E-state index contributed by atoms with van der Waals surface area (Å²) in [6.07, 6.45) is 10.9. The van der Waals surface area contributed by atoms with E-state index in [1.807, 2.05) is 36.4 Å². The predicted molar refractivity (Wildman–Crippen MR) is 70.4 cm³/mol. The molecule has 0 bridgehead atoms. The molecule has 5 heteroatoms. The Labute approximate surface area is 107 Å². The summed E-state index contributed by atoms with van der Waals surface area (Å²) in [5.41, 5.74) is 1.18. The Bertz CT molecular complexity index is 507. The van der Waals surface area contributed by atoms with Crippen LogP contribution in [-0.4, -0.2) is 25.4 Å². The minimum absolute atomic E-state index is 0.595. The van der Waals surface area contributed by atoms with E-state index in [9.17, 15) is 0 Å². The van der Waals surface area contributed by atoms with E-state index in [0.717, 1.165) is 12.5 Å². The van der Waals surface area contributed by atoms with Crippen molar-refractivity contribution in [3.8, 4) is 0 Å². The summed E-state index contributed by atoms with van der Waals surface area (Å²) in [4.78, 5) is 4.41. The molecule has 0 radical (unpaired) electrons. The lowest BCUT2D eigenvalue weighted by Crippen LogP contribution is -2.18. The van der Waals surface area contributed by atoms with E-state index < -0.39 is 0 Å². The van der Waals surface area contributed by atoms with Crippen LogP contribution in [0.1, 0.15) is 31.4 Å². The fourth-order valence-electron chi connectivity index (χ4n) is 2.56. The summed E-state index contributed by atoms with van der Waals surface area (Å²) >= 11 is 0. The van der Waals surface area contributed by atoms with E-state index in [2.05, 4.69) is 20.0 Å².